The number of pyridine rings is 1. The molecule has 0 aliphatic carbocycles. The van der Waals surface area contributed by atoms with Crippen molar-refractivity contribution in [3.8, 4) is 0 Å². The molecule has 0 fully saturated rings. The van der Waals surface area contributed by atoms with Crippen molar-refractivity contribution in [2.75, 3.05) is 0 Å². The lowest BCUT2D eigenvalue weighted by Crippen LogP contribution is -2.42. The molecule has 0 saturated heterocycles. The molecule has 4 aromatic rings. The number of benzene rings is 2. The van der Waals surface area contributed by atoms with E-state index >= 15 is 0 Å². The predicted octanol–water partition coefficient (Wildman–Crippen LogP) is 2.68. The second-order valence-electron chi connectivity index (χ2n) is 6.32. The molecule has 0 bridgehead atoms. The Morgan fingerprint density at radius 1 is 1.14 bits per heavy atom. The summed E-state index contributed by atoms with van der Waals surface area (Å²) in [5.41, 5.74) is 2.06. The molecule has 0 unspecified atom stereocenters. The van der Waals surface area contributed by atoms with Crippen LogP contribution in [0.4, 0.5) is 4.39 Å². The molecule has 1 amide bonds. The van der Waals surface area contributed by atoms with E-state index in [4.69, 9.17) is 0 Å². The fourth-order valence-electron chi connectivity index (χ4n) is 2.98. The van der Waals surface area contributed by atoms with Gasteiger partial charge in [-0.1, -0.05) is 6.07 Å². The minimum Gasteiger partial charge on any atom is -0.480 e. The van der Waals surface area contributed by atoms with E-state index < -0.39 is 23.7 Å². The second-order valence-corrected chi connectivity index (χ2v) is 6.32. The highest BCUT2D eigenvalue weighted by Gasteiger charge is 2.23. The number of nitrogens with one attached hydrogen (secondary N) is 2. The maximum Gasteiger partial charge on any atom is 0.326 e. The number of carboxylic acid groups (broad SMARTS) is 1. The van der Waals surface area contributed by atoms with E-state index in [9.17, 15) is 19.1 Å². The number of nitrogens with zero attached hydrogens (tertiary/aromatic N) is 2. The Hall–Kier alpha value is -3.81. The van der Waals surface area contributed by atoms with Gasteiger partial charge in [0.15, 0.2) is 0 Å². The summed E-state index contributed by atoms with van der Waals surface area (Å²) in [7, 11) is 0. The van der Waals surface area contributed by atoms with Crippen LogP contribution in [0.5, 0.6) is 0 Å². The summed E-state index contributed by atoms with van der Waals surface area (Å²) in [5, 5.41) is 12.8. The van der Waals surface area contributed by atoms with E-state index in [1.165, 1.54) is 18.2 Å². The first kappa shape index (κ1) is 17.6. The van der Waals surface area contributed by atoms with Crippen LogP contribution >= 0.6 is 0 Å². The predicted molar refractivity (Wildman–Crippen MR) is 100 cm³/mol. The molecule has 2 aromatic heterocycles. The zero-order valence-electron chi connectivity index (χ0n) is 14.5. The lowest BCUT2D eigenvalue weighted by molar-refractivity contribution is -0.139. The van der Waals surface area contributed by atoms with E-state index in [0.717, 1.165) is 10.9 Å². The third-order valence-corrected chi connectivity index (χ3v) is 4.36. The highest BCUT2D eigenvalue weighted by Crippen LogP contribution is 2.15. The van der Waals surface area contributed by atoms with Crippen molar-refractivity contribution >= 4 is 33.8 Å². The van der Waals surface area contributed by atoms with Crippen LogP contribution in [0.3, 0.4) is 0 Å². The van der Waals surface area contributed by atoms with E-state index in [0.29, 0.717) is 22.4 Å². The van der Waals surface area contributed by atoms with Gasteiger partial charge in [0.1, 0.15) is 17.7 Å². The Morgan fingerprint density at radius 3 is 2.79 bits per heavy atom. The van der Waals surface area contributed by atoms with Crippen LogP contribution in [0.1, 0.15) is 16.2 Å². The molecular weight excluding hydrogens is 363 g/mol. The first-order chi connectivity index (χ1) is 13.5. The van der Waals surface area contributed by atoms with E-state index in [1.807, 2.05) is 6.07 Å². The van der Waals surface area contributed by atoms with Crippen LogP contribution in [0.25, 0.3) is 21.9 Å². The Bertz CT molecular complexity index is 1200. The fourth-order valence-corrected chi connectivity index (χ4v) is 2.98. The maximum atomic E-state index is 13.3. The number of rotatable bonds is 5. The summed E-state index contributed by atoms with van der Waals surface area (Å²) in [6.07, 6.45) is 1.59. The number of fused-ring (bicyclic) bond motifs is 2. The summed E-state index contributed by atoms with van der Waals surface area (Å²) in [6, 6.07) is 11.4. The van der Waals surface area contributed by atoms with Crippen molar-refractivity contribution in [2.24, 2.45) is 0 Å². The molecule has 1 atom stereocenters. The number of hydrogen-bond acceptors (Lipinski definition) is 4. The van der Waals surface area contributed by atoms with Crippen molar-refractivity contribution in [2.45, 2.75) is 12.5 Å². The van der Waals surface area contributed by atoms with Crippen LogP contribution in [-0.4, -0.2) is 38.0 Å². The lowest BCUT2D eigenvalue weighted by atomic mass is 10.1. The molecule has 4 rings (SSSR count). The Balaban J connectivity index is 1.55. The molecule has 0 aliphatic rings. The topological polar surface area (TPSA) is 108 Å². The van der Waals surface area contributed by atoms with Gasteiger partial charge >= 0.3 is 5.97 Å². The molecule has 7 nitrogen and oxygen atoms in total. The van der Waals surface area contributed by atoms with Crippen LogP contribution in [0.2, 0.25) is 0 Å². The molecule has 3 N–H and O–H groups in total. The molecule has 0 aliphatic heterocycles. The molecule has 0 spiro atoms. The normalized spacial score (nSPS) is 12.2. The minimum absolute atomic E-state index is 0.0630. The molecule has 2 aromatic carbocycles. The third kappa shape index (κ3) is 3.52. The van der Waals surface area contributed by atoms with Gasteiger partial charge in [-0.15, -0.1) is 0 Å². The van der Waals surface area contributed by atoms with Gasteiger partial charge in [-0.25, -0.2) is 14.2 Å². The number of carboxylic acids is 1. The molecule has 8 heteroatoms. The lowest BCUT2D eigenvalue weighted by Gasteiger charge is -2.13. The number of carbonyl (C=O) groups excluding carboxylic acids is 1. The Morgan fingerprint density at radius 2 is 1.96 bits per heavy atom. The highest BCUT2D eigenvalue weighted by atomic mass is 19.1. The Kier molecular flexibility index (Phi) is 4.44. The number of halogens is 1. The van der Waals surface area contributed by atoms with E-state index in [1.54, 1.807) is 30.5 Å². The van der Waals surface area contributed by atoms with E-state index in [2.05, 4.69) is 20.3 Å². The van der Waals surface area contributed by atoms with Crippen LogP contribution in [0, 0.1) is 5.82 Å². The van der Waals surface area contributed by atoms with Crippen molar-refractivity contribution < 1.29 is 19.1 Å². The SMILES string of the molecule is O=C(N[C@H](Cc1nc2ccc(F)cc2[nH]1)C(=O)O)c1ccc2ncccc2c1. The first-order valence-corrected chi connectivity index (χ1v) is 8.52. The van der Waals surface area contributed by atoms with E-state index in [-0.39, 0.29) is 6.42 Å². The van der Waals surface area contributed by atoms with Gasteiger partial charge in [0.05, 0.1) is 16.6 Å². The average molecular weight is 378 g/mol. The molecule has 2 heterocycles. The molecule has 140 valence electrons. The van der Waals surface area contributed by atoms with Gasteiger partial charge in [0, 0.05) is 23.6 Å². The van der Waals surface area contributed by atoms with Crippen LogP contribution in [-0.2, 0) is 11.2 Å². The maximum absolute atomic E-state index is 13.3. The summed E-state index contributed by atoms with van der Waals surface area (Å²) < 4.78 is 13.3. The quantitative estimate of drug-likeness (QED) is 0.495. The number of aliphatic carboxylic acids is 1. The largest absolute Gasteiger partial charge is 0.480 e. The molecular formula is C20H15FN4O3. The smallest absolute Gasteiger partial charge is 0.326 e. The molecule has 0 saturated carbocycles. The van der Waals surface area contributed by atoms with Crippen molar-refractivity contribution in [3.63, 3.8) is 0 Å². The van der Waals surface area contributed by atoms with Gasteiger partial charge < -0.3 is 15.4 Å². The monoisotopic (exact) mass is 378 g/mol. The summed E-state index contributed by atoms with van der Waals surface area (Å²) in [6.45, 7) is 0. The van der Waals surface area contributed by atoms with Crippen LogP contribution in [0.15, 0.2) is 54.7 Å². The van der Waals surface area contributed by atoms with Crippen LogP contribution < -0.4 is 5.32 Å². The number of carbonyl (C=O) groups is 2. The summed E-state index contributed by atoms with van der Waals surface area (Å²) in [5.74, 6) is -1.78. The molecule has 0 radical (unpaired) electrons. The summed E-state index contributed by atoms with van der Waals surface area (Å²) in [4.78, 5) is 35.5. The van der Waals surface area contributed by atoms with Crippen molar-refractivity contribution in [3.05, 3.63) is 71.9 Å². The van der Waals surface area contributed by atoms with Crippen molar-refractivity contribution in [1.29, 1.82) is 0 Å². The number of aromatic nitrogens is 3. The zero-order valence-corrected chi connectivity index (χ0v) is 14.5. The number of amides is 1. The van der Waals surface area contributed by atoms with Gasteiger partial charge in [0.25, 0.3) is 5.91 Å². The number of aromatic amines is 1. The third-order valence-electron chi connectivity index (χ3n) is 4.36. The second kappa shape index (κ2) is 7.07. The Labute approximate surface area is 158 Å². The average Bonchev–Trinajstić information content (AvgIpc) is 3.08. The fraction of sp³-hybridized carbons (Fsp3) is 0.100. The van der Waals surface area contributed by atoms with Crippen molar-refractivity contribution in [1.82, 2.24) is 20.3 Å². The van der Waals surface area contributed by atoms with Gasteiger partial charge in [0.2, 0.25) is 0 Å². The first-order valence-electron chi connectivity index (χ1n) is 8.52. The number of imidazole rings is 1. The highest BCUT2D eigenvalue weighted by molar-refractivity contribution is 5.99. The molecule has 28 heavy (non-hydrogen) atoms. The van der Waals surface area contributed by atoms with Gasteiger partial charge in [-0.05, 0) is 42.5 Å². The van der Waals surface area contributed by atoms with Gasteiger partial charge in [-0.2, -0.15) is 0 Å². The zero-order chi connectivity index (χ0) is 19.7. The summed E-state index contributed by atoms with van der Waals surface area (Å²) >= 11 is 0. The number of H-pyrrole nitrogens is 1. The minimum atomic E-state index is -1.19. The number of hydrogen-bond donors (Lipinski definition) is 3. The standard InChI is InChI=1S/C20H15FN4O3/c21-13-4-6-15-16(9-13)24-18(23-15)10-17(20(27)28)25-19(26)12-3-5-14-11(8-12)2-1-7-22-14/h1-9,17H,10H2,(H,23,24)(H,25,26)(H,27,28)/t17-/m1/s1. The van der Waals surface area contributed by atoms with Gasteiger partial charge in [-0.3, -0.25) is 9.78 Å².